The van der Waals surface area contributed by atoms with Crippen LogP contribution in [0.15, 0.2) is 0 Å². The van der Waals surface area contributed by atoms with E-state index in [4.69, 9.17) is 10.5 Å². The molecule has 2 aliphatic rings. The highest BCUT2D eigenvalue weighted by Crippen LogP contribution is 2.26. The molecule has 2 N–H and O–H groups in total. The van der Waals surface area contributed by atoms with Crippen LogP contribution in [0.25, 0.3) is 0 Å². The molecule has 0 spiro atoms. The van der Waals surface area contributed by atoms with Gasteiger partial charge in [-0.3, -0.25) is 0 Å². The molecule has 0 aromatic heterocycles. The molecule has 0 heterocycles. The topological polar surface area (TPSA) is 35.2 Å². The smallest absolute Gasteiger partial charge is 0.0726 e. The van der Waals surface area contributed by atoms with Crippen LogP contribution in [0.5, 0.6) is 0 Å². The summed E-state index contributed by atoms with van der Waals surface area (Å²) in [4.78, 5) is 0. The average Bonchev–Trinajstić information content (AvgIpc) is 2.95. The van der Waals surface area contributed by atoms with Crippen LogP contribution >= 0.6 is 0 Å². The molecular weight excluding hydrogens is 246 g/mol. The lowest BCUT2D eigenvalue weighted by atomic mass is 9.96. The van der Waals surface area contributed by atoms with E-state index in [0.717, 1.165) is 18.9 Å². The van der Waals surface area contributed by atoms with Crippen molar-refractivity contribution in [2.24, 2.45) is 11.7 Å². The normalized spacial score (nSPS) is 31.6. The van der Waals surface area contributed by atoms with Crippen LogP contribution in [0.4, 0.5) is 0 Å². The van der Waals surface area contributed by atoms with Crippen molar-refractivity contribution in [2.45, 2.75) is 102 Å². The van der Waals surface area contributed by atoms with Gasteiger partial charge in [-0.25, -0.2) is 0 Å². The van der Waals surface area contributed by atoms with Crippen LogP contribution in [0, 0.1) is 5.92 Å². The Morgan fingerprint density at radius 1 is 0.650 bits per heavy atom. The molecule has 2 unspecified atom stereocenters. The first kappa shape index (κ1) is 16.3. The average molecular weight is 281 g/mol. The number of nitrogens with two attached hydrogens (primary N) is 1. The van der Waals surface area contributed by atoms with Crippen molar-refractivity contribution in [3.05, 3.63) is 0 Å². The van der Waals surface area contributed by atoms with E-state index >= 15 is 0 Å². The van der Waals surface area contributed by atoms with E-state index in [1.165, 1.54) is 83.5 Å². The lowest BCUT2D eigenvalue weighted by Crippen LogP contribution is -2.37. The van der Waals surface area contributed by atoms with Gasteiger partial charge >= 0.3 is 0 Å². The van der Waals surface area contributed by atoms with Gasteiger partial charge in [-0.1, -0.05) is 64.2 Å². The van der Waals surface area contributed by atoms with Crippen LogP contribution in [-0.2, 0) is 4.74 Å². The Kier molecular flexibility index (Phi) is 7.97. The van der Waals surface area contributed by atoms with Crippen LogP contribution < -0.4 is 5.73 Å². The first-order valence-electron chi connectivity index (χ1n) is 9.23. The van der Waals surface area contributed by atoms with Crippen molar-refractivity contribution in [1.82, 2.24) is 0 Å². The molecule has 0 aromatic carbocycles. The quantitative estimate of drug-likeness (QED) is 0.806. The third-order valence-corrected chi connectivity index (χ3v) is 5.27. The number of ether oxygens (including phenoxy) is 1. The summed E-state index contributed by atoms with van der Waals surface area (Å²) in [5, 5.41) is 0. The molecule has 0 amide bonds. The summed E-state index contributed by atoms with van der Waals surface area (Å²) in [6.07, 6.45) is 19.3. The van der Waals surface area contributed by atoms with Crippen LogP contribution in [0.2, 0.25) is 0 Å². The Balaban J connectivity index is 1.74. The van der Waals surface area contributed by atoms with Crippen LogP contribution in [0.1, 0.15) is 89.9 Å². The van der Waals surface area contributed by atoms with Gasteiger partial charge in [-0.2, -0.15) is 0 Å². The lowest BCUT2D eigenvalue weighted by molar-refractivity contribution is 0.00630. The zero-order chi connectivity index (χ0) is 14.0. The van der Waals surface area contributed by atoms with Gasteiger partial charge in [0, 0.05) is 12.6 Å². The van der Waals surface area contributed by atoms with E-state index in [0.29, 0.717) is 6.10 Å². The molecule has 0 aromatic rings. The minimum absolute atomic E-state index is 0.274. The molecule has 2 heteroatoms. The van der Waals surface area contributed by atoms with Crippen LogP contribution in [-0.4, -0.2) is 18.8 Å². The van der Waals surface area contributed by atoms with Crippen molar-refractivity contribution >= 4 is 0 Å². The number of rotatable bonds is 3. The Morgan fingerprint density at radius 3 is 1.80 bits per heavy atom. The summed E-state index contributed by atoms with van der Waals surface area (Å²) in [5.41, 5.74) is 6.42. The maximum absolute atomic E-state index is 6.42. The third-order valence-electron chi connectivity index (χ3n) is 5.27. The van der Waals surface area contributed by atoms with Crippen molar-refractivity contribution in [3.63, 3.8) is 0 Å². The summed E-state index contributed by atoms with van der Waals surface area (Å²) in [6, 6.07) is 0.274. The monoisotopic (exact) mass is 281 g/mol. The van der Waals surface area contributed by atoms with Gasteiger partial charge in [0.05, 0.1) is 6.10 Å². The standard InChI is InChI=1S/C18H35NO/c19-17-13-7-5-3-1-2-4-6-8-14-18(17)20-15-16-11-9-10-12-16/h16-18H,1-15,19H2. The van der Waals surface area contributed by atoms with E-state index in [1.807, 2.05) is 0 Å². The Hall–Kier alpha value is -0.0800. The van der Waals surface area contributed by atoms with E-state index in [2.05, 4.69) is 0 Å². The first-order chi connectivity index (χ1) is 9.86. The van der Waals surface area contributed by atoms with Gasteiger partial charge in [0.15, 0.2) is 0 Å². The maximum Gasteiger partial charge on any atom is 0.0726 e. The van der Waals surface area contributed by atoms with E-state index in [-0.39, 0.29) is 6.04 Å². The van der Waals surface area contributed by atoms with Gasteiger partial charge in [0.1, 0.15) is 0 Å². The fraction of sp³-hybridized carbons (Fsp3) is 1.00. The molecule has 0 bridgehead atoms. The zero-order valence-electron chi connectivity index (χ0n) is 13.3. The summed E-state index contributed by atoms with van der Waals surface area (Å²) in [5.74, 6) is 0.823. The summed E-state index contributed by atoms with van der Waals surface area (Å²) in [6.45, 7) is 0.971. The molecule has 2 nitrogen and oxygen atoms in total. The lowest BCUT2D eigenvalue weighted by Gasteiger charge is -2.26. The first-order valence-corrected chi connectivity index (χ1v) is 9.23. The predicted octanol–water partition coefficient (Wildman–Crippen LogP) is 4.80. The second-order valence-electron chi connectivity index (χ2n) is 7.09. The van der Waals surface area contributed by atoms with Crippen molar-refractivity contribution in [1.29, 1.82) is 0 Å². The fourth-order valence-electron chi connectivity index (χ4n) is 3.83. The Morgan fingerprint density at radius 2 is 1.15 bits per heavy atom. The number of hydrogen-bond donors (Lipinski definition) is 1. The van der Waals surface area contributed by atoms with Gasteiger partial charge in [0.2, 0.25) is 0 Å². The van der Waals surface area contributed by atoms with Gasteiger partial charge < -0.3 is 10.5 Å². The second-order valence-corrected chi connectivity index (χ2v) is 7.09. The molecular formula is C18H35NO. The molecule has 2 rings (SSSR count). The van der Waals surface area contributed by atoms with Gasteiger partial charge in [-0.15, -0.1) is 0 Å². The highest BCUT2D eigenvalue weighted by molar-refractivity contribution is 4.76. The SMILES string of the molecule is NC1CCCCCCCCCCC1OCC1CCCC1. The molecule has 0 aliphatic heterocycles. The molecule has 2 saturated carbocycles. The van der Waals surface area contributed by atoms with Gasteiger partial charge in [0.25, 0.3) is 0 Å². The van der Waals surface area contributed by atoms with Crippen molar-refractivity contribution in [2.75, 3.05) is 6.61 Å². The summed E-state index contributed by atoms with van der Waals surface area (Å²) >= 11 is 0. The molecule has 2 atom stereocenters. The van der Waals surface area contributed by atoms with E-state index in [1.54, 1.807) is 0 Å². The zero-order valence-corrected chi connectivity index (χ0v) is 13.3. The number of hydrogen-bond acceptors (Lipinski definition) is 2. The molecule has 2 fully saturated rings. The molecule has 2 aliphatic carbocycles. The fourth-order valence-corrected chi connectivity index (χ4v) is 3.83. The highest BCUT2D eigenvalue weighted by atomic mass is 16.5. The summed E-state index contributed by atoms with van der Waals surface area (Å²) < 4.78 is 6.26. The van der Waals surface area contributed by atoms with Crippen molar-refractivity contribution in [3.8, 4) is 0 Å². The van der Waals surface area contributed by atoms with E-state index < -0.39 is 0 Å². The third kappa shape index (κ3) is 6.13. The summed E-state index contributed by atoms with van der Waals surface area (Å²) in [7, 11) is 0. The Labute approximate surface area is 125 Å². The predicted molar refractivity (Wildman–Crippen MR) is 85.8 cm³/mol. The minimum Gasteiger partial charge on any atom is -0.376 e. The van der Waals surface area contributed by atoms with Crippen LogP contribution in [0.3, 0.4) is 0 Å². The van der Waals surface area contributed by atoms with Gasteiger partial charge in [-0.05, 0) is 31.6 Å². The molecule has 20 heavy (non-hydrogen) atoms. The largest absolute Gasteiger partial charge is 0.376 e. The Bertz CT molecular complexity index is 238. The van der Waals surface area contributed by atoms with Crippen molar-refractivity contribution < 1.29 is 4.74 Å². The second kappa shape index (κ2) is 9.78. The minimum atomic E-state index is 0.274. The maximum atomic E-state index is 6.42. The van der Waals surface area contributed by atoms with E-state index in [9.17, 15) is 0 Å². The molecule has 118 valence electrons. The molecule has 0 saturated heterocycles. The highest BCUT2D eigenvalue weighted by Gasteiger charge is 2.21. The molecule has 0 radical (unpaired) electrons.